The third-order valence-electron chi connectivity index (χ3n) is 3.34. The van der Waals surface area contributed by atoms with Gasteiger partial charge in [-0.15, -0.1) is 0 Å². The largest absolute Gasteiger partial charge is 0.352 e. The van der Waals surface area contributed by atoms with Crippen LogP contribution in [0.15, 0.2) is 36.4 Å². The van der Waals surface area contributed by atoms with Gasteiger partial charge in [0.05, 0.1) is 0 Å². The van der Waals surface area contributed by atoms with Crippen molar-refractivity contribution in [2.24, 2.45) is 0 Å². The quantitative estimate of drug-likeness (QED) is 0.618. The molecule has 0 aliphatic carbocycles. The molecule has 1 N–H and O–H groups in total. The summed E-state index contributed by atoms with van der Waals surface area (Å²) in [7, 11) is 0. The van der Waals surface area contributed by atoms with E-state index in [0.717, 1.165) is 23.7 Å². The number of halogens is 1. The third kappa shape index (κ3) is 4.34. The first-order valence-corrected chi connectivity index (χ1v) is 8.13. The summed E-state index contributed by atoms with van der Waals surface area (Å²) in [6.07, 6.45) is 2.59. The van der Waals surface area contributed by atoms with Gasteiger partial charge in [-0.25, -0.2) is 0 Å². The number of hydrogen-bond acceptors (Lipinski definition) is 1. The Kier molecular flexibility index (Phi) is 5.60. The second kappa shape index (κ2) is 7.44. The summed E-state index contributed by atoms with van der Waals surface area (Å²) in [5.74, 6) is 0.135. The lowest BCUT2D eigenvalue weighted by atomic mass is 10.0. The maximum atomic E-state index is 11.7. The molecule has 0 radical (unpaired) electrons. The first-order valence-electron chi connectivity index (χ1n) is 7.01. The van der Waals surface area contributed by atoms with E-state index in [1.165, 1.54) is 16.3 Å². The van der Waals surface area contributed by atoms with Crippen molar-refractivity contribution in [3.8, 4) is 0 Å². The van der Waals surface area contributed by atoms with Gasteiger partial charge in [-0.05, 0) is 42.2 Å². The highest BCUT2D eigenvalue weighted by molar-refractivity contribution is 9.09. The molecule has 0 aliphatic heterocycles. The number of aryl methyl sites for hydroxylation is 1. The van der Waals surface area contributed by atoms with Gasteiger partial charge in [-0.1, -0.05) is 51.8 Å². The summed E-state index contributed by atoms with van der Waals surface area (Å²) in [6.45, 7) is 2.70. The molecule has 3 heteroatoms. The Hall–Kier alpha value is -1.35. The van der Waals surface area contributed by atoms with Crippen LogP contribution in [0, 0.1) is 6.92 Å². The third-order valence-corrected chi connectivity index (χ3v) is 3.90. The number of nitrogens with one attached hydrogen (secondary N) is 1. The van der Waals surface area contributed by atoms with Gasteiger partial charge in [0.15, 0.2) is 0 Å². The fourth-order valence-corrected chi connectivity index (χ4v) is 2.59. The molecular weight excluding hydrogens is 314 g/mol. The van der Waals surface area contributed by atoms with Gasteiger partial charge in [-0.3, -0.25) is 4.79 Å². The summed E-state index contributed by atoms with van der Waals surface area (Å²) in [5, 5.41) is 6.42. The predicted molar refractivity (Wildman–Crippen MR) is 88.2 cm³/mol. The van der Waals surface area contributed by atoms with E-state index in [1.807, 2.05) is 0 Å². The predicted octanol–water partition coefficient (Wildman–Crippen LogP) is 4.33. The van der Waals surface area contributed by atoms with Gasteiger partial charge in [-0.2, -0.15) is 0 Å². The normalized spacial score (nSPS) is 10.7. The second-order valence-corrected chi connectivity index (χ2v) is 5.90. The number of carbonyl (C=O) groups excluding carboxylic acids is 1. The van der Waals surface area contributed by atoms with Crippen LogP contribution in [0.3, 0.4) is 0 Å². The van der Waals surface area contributed by atoms with E-state index in [0.29, 0.717) is 13.0 Å². The van der Waals surface area contributed by atoms with E-state index in [9.17, 15) is 4.79 Å². The lowest BCUT2D eigenvalue weighted by Gasteiger charge is -2.07. The highest BCUT2D eigenvalue weighted by Gasteiger charge is 2.02. The highest BCUT2D eigenvalue weighted by atomic mass is 79.9. The Labute approximate surface area is 128 Å². The Morgan fingerprint density at radius 2 is 1.90 bits per heavy atom. The number of unbranched alkanes of at least 4 members (excludes halogenated alkanes) is 1. The van der Waals surface area contributed by atoms with Crippen molar-refractivity contribution < 1.29 is 4.79 Å². The minimum Gasteiger partial charge on any atom is -0.352 e. The molecule has 2 nitrogen and oxygen atoms in total. The van der Waals surface area contributed by atoms with E-state index in [1.54, 1.807) is 0 Å². The van der Waals surface area contributed by atoms with Crippen LogP contribution in [0.1, 0.15) is 30.4 Å². The zero-order chi connectivity index (χ0) is 14.4. The lowest BCUT2D eigenvalue weighted by Crippen LogP contribution is -2.22. The van der Waals surface area contributed by atoms with Crippen LogP contribution in [-0.2, 0) is 11.3 Å². The number of hydrogen-bond donors (Lipinski definition) is 1. The minimum atomic E-state index is 0.135. The number of fused-ring (bicyclic) bond motifs is 1. The Morgan fingerprint density at radius 3 is 2.70 bits per heavy atom. The fourth-order valence-electron chi connectivity index (χ4n) is 2.19. The van der Waals surface area contributed by atoms with Gasteiger partial charge in [0, 0.05) is 18.3 Å². The molecule has 0 aromatic heterocycles. The van der Waals surface area contributed by atoms with Crippen LogP contribution < -0.4 is 5.32 Å². The number of amides is 1. The smallest absolute Gasteiger partial charge is 0.220 e. The van der Waals surface area contributed by atoms with E-state index in [4.69, 9.17) is 0 Å². The summed E-state index contributed by atoms with van der Waals surface area (Å²) < 4.78 is 0. The summed E-state index contributed by atoms with van der Waals surface area (Å²) in [6, 6.07) is 12.8. The maximum Gasteiger partial charge on any atom is 0.220 e. The number of rotatable bonds is 6. The average Bonchev–Trinajstić information content (AvgIpc) is 2.45. The summed E-state index contributed by atoms with van der Waals surface area (Å²) in [4.78, 5) is 11.7. The summed E-state index contributed by atoms with van der Waals surface area (Å²) in [5.41, 5.74) is 2.41. The topological polar surface area (TPSA) is 29.1 Å². The van der Waals surface area contributed by atoms with E-state index in [-0.39, 0.29) is 5.91 Å². The highest BCUT2D eigenvalue weighted by Crippen LogP contribution is 2.17. The van der Waals surface area contributed by atoms with Gasteiger partial charge in [0.2, 0.25) is 5.91 Å². The molecule has 0 heterocycles. The number of carbonyl (C=O) groups is 1. The van der Waals surface area contributed by atoms with Crippen LogP contribution in [0.5, 0.6) is 0 Å². The Morgan fingerprint density at radius 1 is 1.10 bits per heavy atom. The standard InChI is InChI=1S/C17H20BrNO/c1-13-5-7-15-8-6-14(11-16(15)10-13)12-19-17(20)4-2-3-9-18/h5-8,10-11H,2-4,9,12H2,1H3,(H,19,20). The molecule has 0 saturated carbocycles. The van der Waals surface area contributed by atoms with Crippen LogP contribution in [-0.4, -0.2) is 11.2 Å². The zero-order valence-electron chi connectivity index (χ0n) is 11.8. The minimum absolute atomic E-state index is 0.135. The monoisotopic (exact) mass is 333 g/mol. The molecule has 2 aromatic carbocycles. The first kappa shape index (κ1) is 15.0. The van der Waals surface area contributed by atoms with Crippen molar-refractivity contribution in [2.75, 3.05) is 5.33 Å². The van der Waals surface area contributed by atoms with Gasteiger partial charge in [0.1, 0.15) is 0 Å². The van der Waals surface area contributed by atoms with Gasteiger partial charge in [0.25, 0.3) is 0 Å². The first-order chi connectivity index (χ1) is 9.69. The van der Waals surface area contributed by atoms with Crippen molar-refractivity contribution in [3.63, 3.8) is 0 Å². The SMILES string of the molecule is Cc1ccc2ccc(CNC(=O)CCCCBr)cc2c1. The van der Waals surface area contributed by atoms with Crippen LogP contribution in [0.2, 0.25) is 0 Å². The molecule has 0 fully saturated rings. The van der Waals surface area contributed by atoms with Gasteiger partial charge < -0.3 is 5.32 Å². The van der Waals surface area contributed by atoms with E-state index >= 15 is 0 Å². The van der Waals surface area contributed by atoms with Crippen LogP contribution in [0.25, 0.3) is 10.8 Å². The molecule has 0 saturated heterocycles. The molecular formula is C17H20BrNO. The fraction of sp³-hybridized carbons (Fsp3) is 0.353. The molecule has 0 spiro atoms. The van der Waals surface area contributed by atoms with Crippen LogP contribution >= 0.6 is 15.9 Å². The average molecular weight is 334 g/mol. The second-order valence-electron chi connectivity index (χ2n) is 5.11. The molecule has 106 valence electrons. The maximum absolute atomic E-state index is 11.7. The molecule has 2 rings (SSSR count). The molecule has 20 heavy (non-hydrogen) atoms. The van der Waals surface area contributed by atoms with E-state index in [2.05, 4.69) is 64.6 Å². The number of alkyl halides is 1. The molecule has 1 amide bonds. The van der Waals surface area contributed by atoms with E-state index < -0.39 is 0 Å². The molecule has 0 atom stereocenters. The number of benzene rings is 2. The lowest BCUT2D eigenvalue weighted by molar-refractivity contribution is -0.121. The zero-order valence-corrected chi connectivity index (χ0v) is 13.4. The van der Waals surface area contributed by atoms with Crippen molar-refractivity contribution in [2.45, 2.75) is 32.7 Å². The van der Waals surface area contributed by atoms with Crippen molar-refractivity contribution in [1.82, 2.24) is 5.32 Å². The Balaban J connectivity index is 1.94. The van der Waals surface area contributed by atoms with Gasteiger partial charge >= 0.3 is 0 Å². The summed E-state index contributed by atoms with van der Waals surface area (Å²) >= 11 is 3.37. The van der Waals surface area contributed by atoms with Crippen molar-refractivity contribution >= 4 is 32.6 Å². The van der Waals surface area contributed by atoms with Crippen LogP contribution in [0.4, 0.5) is 0 Å². The van der Waals surface area contributed by atoms with Crippen molar-refractivity contribution in [1.29, 1.82) is 0 Å². The molecule has 0 unspecified atom stereocenters. The molecule has 0 aliphatic rings. The Bertz CT molecular complexity index is 595. The molecule has 0 bridgehead atoms. The molecule has 2 aromatic rings. The van der Waals surface area contributed by atoms with Crippen molar-refractivity contribution in [3.05, 3.63) is 47.5 Å².